The molecule has 2 aromatic carbocycles. The number of hydrogen-bond donors (Lipinski definition) is 1. The number of piperazine rings is 1. The summed E-state index contributed by atoms with van der Waals surface area (Å²) in [5.74, 6) is 1.82. The lowest BCUT2D eigenvalue weighted by Crippen LogP contribution is -2.52. The molecule has 0 atom stereocenters. The number of nitrogens with zero attached hydrogens (tertiary/aromatic N) is 5. The van der Waals surface area contributed by atoms with Gasteiger partial charge in [0.05, 0.1) is 24.2 Å². The van der Waals surface area contributed by atoms with Gasteiger partial charge in [-0.15, -0.1) is 11.6 Å². The number of urea groups is 1. The average Bonchev–Trinajstić information content (AvgIpc) is 2.95. The lowest BCUT2D eigenvalue weighted by Gasteiger charge is -2.35. The van der Waals surface area contributed by atoms with Gasteiger partial charge in [-0.2, -0.15) is 0 Å². The second-order valence-electron chi connectivity index (χ2n) is 8.65. The number of benzene rings is 2. The van der Waals surface area contributed by atoms with E-state index in [2.05, 4.69) is 20.2 Å². The van der Waals surface area contributed by atoms with E-state index in [9.17, 15) is 9.18 Å². The van der Waals surface area contributed by atoms with Crippen molar-refractivity contribution >= 4 is 34.5 Å². The first kappa shape index (κ1) is 24.7. The van der Waals surface area contributed by atoms with E-state index in [1.165, 1.54) is 12.1 Å². The Labute approximate surface area is 219 Å². The molecule has 1 aliphatic rings. The van der Waals surface area contributed by atoms with Crippen LogP contribution in [-0.2, 0) is 12.4 Å². The first-order valence-electron chi connectivity index (χ1n) is 11.9. The van der Waals surface area contributed by atoms with Gasteiger partial charge in [0.15, 0.2) is 5.82 Å². The number of amides is 2. The number of ether oxygens (including phenoxy) is 1. The maximum atomic E-state index is 13.4. The van der Waals surface area contributed by atoms with E-state index in [0.717, 1.165) is 16.9 Å². The number of methoxy groups -OCH3 is 1. The minimum absolute atomic E-state index is 0.117. The van der Waals surface area contributed by atoms with Crippen molar-refractivity contribution in [2.75, 3.05) is 38.2 Å². The maximum absolute atomic E-state index is 13.4. The SMILES string of the molecule is COc1cccc(CNC(=O)N2CCN(c3nc(CCl)nc4ccc(-c5ccc(F)cc5)nc34)CC2)c1. The Kier molecular flexibility index (Phi) is 7.32. The highest BCUT2D eigenvalue weighted by Crippen LogP contribution is 2.27. The van der Waals surface area contributed by atoms with E-state index in [1.54, 1.807) is 24.1 Å². The van der Waals surface area contributed by atoms with Gasteiger partial charge >= 0.3 is 6.03 Å². The molecule has 0 aliphatic carbocycles. The molecule has 2 amide bonds. The van der Waals surface area contributed by atoms with E-state index in [-0.39, 0.29) is 17.7 Å². The molecule has 1 saturated heterocycles. The van der Waals surface area contributed by atoms with Crippen molar-refractivity contribution in [1.29, 1.82) is 0 Å². The minimum atomic E-state index is -0.300. The molecule has 0 bridgehead atoms. The van der Waals surface area contributed by atoms with Gasteiger partial charge in [0.2, 0.25) is 0 Å². The van der Waals surface area contributed by atoms with Crippen molar-refractivity contribution in [1.82, 2.24) is 25.2 Å². The van der Waals surface area contributed by atoms with Crippen molar-refractivity contribution in [2.45, 2.75) is 12.4 Å². The van der Waals surface area contributed by atoms with Crippen LogP contribution >= 0.6 is 11.6 Å². The second kappa shape index (κ2) is 11.0. The summed E-state index contributed by atoms with van der Waals surface area (Å²) in [7, 11) is 1.62. The fourth-order valence-electron chi connectivity index (χ4n) is 4.30. The topological polar surface area (TPSA) is 83.5 Å². The predicted molar refractivity (Wildman–Crippen MR) is 141 cm³/mol. The Morgan fingerprint density at radius 2 is 1.81 bits per heavy atom. The molecular formula is C27H26ClFN6O2. The molecular weight excluding hydrogens is 495 g/mol. The molecule has 3 heterocycles. The maximum Gasteiger partial charge on any atom is 0.317 e. The van der Waals surface area contributed by atoms with Gasteiger partial charge in [-0.3, -0.25) is 0 Å². The Hall–Kier alpha value is -3.98. The molecule has 0 saturated carbocycles. The van der Waals surface area contributed by atoms with E-state index in [0.29, 0.717) is 61.1 Å². The first-order chi connectivity index (χ1) is 18.0. The summed E-state index contributed by atoms with van der Waals surface area (Å²) < 4.78 is 18.7. The van der Waals surface area contributed by atoms with Crippen LogP contribution in [0.1, 0.15) is 11.4 Å². The molecule has 0 unspecified atom stereocenters. The summed E-state index contributed by atoms with van der Waals surface area (Å²) in [6, 6.07) is 17.4. The number of aromatic nitrogens is 3. The van der Waals surface area contributed by atoms with Crippen LogP contribution < -0.4 is 15.0 Å². The van der Waals surface area contributed by atoms with Gasteiger partial charge in [-0.05, 0) is 54.1 Å². The highest BCUT2D eigenvalue weighted by molar-refractivity contribution is 6.16. The molecule has 1 N–H and O–H groups in total. The number of carbonyl (C=O) groups excluding carboxylic acids is 1. The normalized spacial score (nSPS) is 13.6. The Balaban J connectivity index is 1.31. The Bertz CT molecular complexity index is 1410. The van der Waals surface area contributed by atoms with Gasteiger partial charge < -0.3 is 19.9 Å². The second-order valence-corrected chi connectivity index (χ2v) is 8.92. The molecule has 8 nitrogen and oxygen atoms in total. The van der Waals surface area contributed by atoms with Gasteiger partial charge in [0.25, 0.3) is 0 Å². The molecule has 5 rings (SSSR count). The van der Waals surface area contributed by atoms with Crippen LogP contribution in [0, 0.1) is 5.82 Å². The zero-order valence-electron chi connectivity index (χ0n) is 20.3. The number of halogens is 2. The summed E-state index contributed by atoms with van der Waals surface area (Å²) in [5, 5.41) is 2.98. The predicted octanol–water partition coefficient (Wildman–Crippen LogP) is 4.61. The standard InChI is InChI=1S/C27H26ClFN6O2/c1-37-21-4-2-3-18(15-21)17-30-27(36)35-13-11-34(12-14-35)26-25-23(31-24(16-28)33-26)10-9-22(32-25)19-5-7-20(29)8-6-19/h2-10,15H,11-14,16-17H2,1H3,(H,30,36). The summed E-state index contributed by atoms with van der Waals surface area (Å²) in [6.07, 6.45) is 0. The summed E-state index contributed by atoms with van der Waals surface area (Å²) >= 11 is 6.08. The van der Waals surface area contributed by atoms with Crippen LogP contribution in [0.3, 0.4) is 0 Å². The molecule has 2 aromatic heterocycles. The third-order valence-electron chi connectivity index (χ3n) is 6.27. The lowest BCUT2D eigenvalue weighted by atomic mass is 10.1. The molecule has 0 radical (unpaired) electrons. The van der Waals surface area contributed by atoms with Crippen molar-refractivity contribution in [3.8, 4) is 17.0 Å². The summed E-state index contributed by atoms with van der Waals surface area (Å²) in [4.78, 5) is 30.7. The molecule has 10 heteroatoms. The molecule has 1 fully saturated rings. The molecule has 37 heavy (non-hydrogen) atoms. The highest BCUT2D eigenvalue weighted by atomic mass is 35.5. The van der Waals surface area contributed by atoms with Gasteiger partial charge in [-0.1, -0.05) is 12.1 Å². The number of pyridine rings is 1. The zero-order chi connectivity index (χ0) is 25.8. The van der Waals surface area contributed by atoms with E-state index < -0.39 is 0 Å². The average molecular weight is 521 g/mol. The number of rotatable bonds is 6. The van der Waals surface area contributed by atoms with Crippen molar-refractivity contribution in [3.05, 3.63) is 77.9 Å². The van der Waals surface area contributed by atoms with Crippen molar-refractivity contribution in [2.24, 2.45) is 0 Å². The third kappa shape index (κ3) is 5.56. The van der Waals surface area contributed by atoms with Crippen LogP contribution in [-0.4, -0.2) is 59.2 Å². The summed E-state index contributed by atoms with van der Waals surface area (Å²) in [5.41, 5.74) is 3.80. The Morgan fingerprint density at radius 3 is 2.54 bits per heavy atom. The minimum Gasteiger partial charge on any atom is -0.497 e. The van der Waals surface area contributed by atoms with Gasteiger partial charge in [-0.25, -0.2) is 24.1 Å². The number of nitrogens with one attached hydrogen (secondary N) is 1. The van der Waals surface area contributed by atoms with Crippen LogP contribution in [0.2, 0.25) is 0 Å². The van der Waals surface area contributed by atoms with Gasteiger partial charge in [0, 0.05) is 38.3 Å². The molecule has 1 aliphatic heterocycles. The fraction of sp³-hybridized carbons (Fsp3) is 0.259. The van der Waals surface area contributed by atoms with E-state index in [1.807, 2.05) is 36.4 Å². The van der Waals surface area contributed by atoms with Crippen LogP contribution in [0.4, 0.5) is 15.0 Å². The van der Waals surface area contributed by atoms with Crippen LogP contribution in [0.25, 0.3) is 22.3 Å². The Morgan fingerprint density at radius 1 is 1.03 bits per heavy atom. The molecule has 4 aromatic rings. The smallest absolute Gasteiger partial charge is 0.317 e. The number of alkyl halides is 1. The molecule has 190 valence electrons. The van der Waals surface area contributed by atoms with Crippen molar-refractivity contribution < 1.29 is 13.9 Å². The summed E-state index contributed by atoms with van der Waals surface area (Å²) in [6.45, 7) is 2.65. The first-order valence-corrected chi connectivity index (χ1v) is 12.5. The number of hydrogen-bond acceptors (Lipinski definition) is 6. The number of anilines is 1. The quantitative estimate of drug-likeness (QED) is 0.374. The fourth-order valence-corrected chi connectivity index (χ4v) is 4.42. The lowest BCUT2D eigenvalue weighted by molar-refractivity contribution is 0.194. The third-order valence-corrected chi connectivity index (χ3v) is 6.51. The molecule has 0 spiro atoms. The van der Waals surface area contributed by atoms with E-state index >= 15 is 0 Å². The van der Waals surface area contributed by atoms with Crippen molar-refractivity contribution in [3.63, 3.8) is 0 Å². The van der Waals surface area contributed by atoms with Crippen LogP contribution in [0.15, 0.2) is 60.7 Å². The monoisotopic (exact) mass is 520 g/mol. The van der Waals surface area contributed by atoms with Crippen LogP contribution in [0.5, 0.6) is 5.75 Å². The highest BCUT2D eigenvalue weighted by Gasteiger charge is 2.24. The number of fused-ring (bicyclic) bond motifs is 1. The number of carbonyl (C=O) groups is 1. The van der Waals surface area contributed by atoms with Gasteiger partial charge in [0.1, 0.15) is 22.9 Å². The van der Waals surface area contributed by atoms with E-state index in [4.69, 9.17) is 21.3 Å². The largest absolute Gasteiger partial charge is 0.497 e. The zero-order valence-corrected chi connectivity index (χ0v) is 21.1.